The Morgan fingerprint density at radius 2 is 2.00 bits per heavy atom. The molecule has 0 aliphatic heterocycles. The first kappa shape index (κ1) is 18.1. The van der Waals surface area contributed by atoms with Crippen molar-refractivity contribution < 1.29 is 14.3 Å². The quantitative estimate of drug-likeness (QED) is 0.831. The molecule has 1 aromatic heterocycles. The van der Waals surface area contributed by atoms with Gasteiger partial charge in [0.05, 0.1) is 11.3 Å². The summed E-state index contributed by atoms with van der Waals surface area (Å²) >= 11 is 0. The molecule has 0 spiro atoms. The molecule has 7 nitrogen and oxygen atoms in total. The van der Waals surface area contributed by atoms with Crippen LogP contribution in [0.4, 0.5) is 0 Å². The third-order valence-electron chi connectivity index (χ3n) is 5.17. The van der Waals surface area contributed by atoms with Gasteiger partial charge in [0.2, 0.25) is 0 Å². The highest BCUT2D eigenvalue weighted by atomic mass is 16.5. The SMILES string of the molecule is C[C@@H]1[C@@H](C)CCC[C@H]1NC(=O)COC(=O)c1ccc(-n2cncn2)cc1. The fourth-order valence-electron chi connectivity index (χ4n) is 3.34. The number of aromatic nitrogens is 3. The predicted octanol–water partition coefficient (Wildman–Crippen LogP) is 2.37. The Labute approximate surface area is 152 Å². The zero-order valence-electron chi connectivity index (χ0n) is 15.1. The van der Waals surface area contributed by atoms with E-state index < -0.39 is 5.97 Å². The Balaban J connectivity index is 1.49. The molecule has 0 unspecified atom stereocenters. The number of nitrogens with zero attached hydrogens (tertiary/aromatic N) is 3. The standard InChI is InChI=1S/C19H24N4O3/c1-13-4-3-5-17(14(13)2)22-18(24)10-26-19(25)15-6-8-16(9-7-15)23-12-20-11-21-23/h6-9,11-14,17H,3-5,10H2,1-2H3,(H,22,24)/t13-,14+,17+/m0/s1. The van der Waals surface area contributed by atoms with Crippen LogP contribution in [0.25, 0.3) is 5.69 Å². The first-order valence-corrected chi connectivity index (χ1v) is 8.96. The van der Waals surface area contributed by atoms with Crippen molar-refractivity contribution in [1.29, 1.82) is 0 Å². The van der Waals surface area contributed by atoms with Gasteiger partial charge in [-0.3, -0.25) is 4.79 Å². The van der Waals surface area contributed by atoms with Crippen LogP contribution in [-0.4, -0.2) is 39.3 Å². The summed E-state index contributed by atoms with van der Waals surface area (Å²) < 4.78 is 6.73. The highest BCUT2D eigenvalue weighted by Crippen LogP contribution is 2.29. The van der Waals surface area contributed by atoms with Crippen LogP contribution in [0.5, 0.6) is 0 Å². The van der Waals surface area contributed by atoms with E-state index in [0.29, 0.717) is 17.4 Å². The zero-order chi connectivity index (χ0) is 18.5. The van der Waals surface area contributed by atoms with Gasteiger partial charge in [-0.15, -0.1) is 0 Å². The second-order valence-corrected chi connectivity index (χ2v) is 6.90. The second kappa shape index (κ2) is 8.12. The summed E-state index contributed by atoms with van der Waals surface area (Å²) in [5, 5.41) is 7.02. The van der Waals surface area contributed by atoms with E-state index in [1.54, 1.807) is 35.3 Å². The highest BCUT2D eigenvalue weighted by Gasteiger charge is 2.28. The average Bonchev–Trinajstić information content (AvgIpc) is 3.18. The topological polar surface area (TPSA) is 86.1 Å². The number of amides is 1. The average molecular weight is 356 g/mol. The minimum atomic E-state index is -0.518. The largest absolute Gasteiger partial charge is 0.452 e. The molecule has 3 atom stereocenters. The molecular weight excluding hydrogens is 332 g/mol. The molecule has 2 aromatic rings. The lowest BCUT2D eigenvalue weighted by Gasteiger charge is -2.34. The van der Waals surface area contributed by atoms with Crippen LogP contribution in [0.2, 0.25) is 0 Å². The molecule has 138 valence electrons. The van der Waals surface area contributed by atoms with Gasteiger partial charge < -0.3 is 10.1 Å². The van der Waals surface area contributed by atoms with Crippen molar-refractivity contribution >= 4 is 11.9 Å². The minimum Gasteiger partial charge on any atom is -0.452 e. The molecule has 1 aromatic carbocycles. The molecule has 1 fully saturated rings. The van der Waals surface area contributed by atoms with E-state index in [4.69, 9.17) is 4.74 Å². The van der Waals surface area contributed by atoms with Crippen LogP contribution in [0, 0.1) is 11.8 Å². The highest BCUT2D eigenvalue weighted by molar-refractivity contribution is 5.91. The normalized spacial score (nSPS) is 22.6. The lowest BCUT2D eigenvalue weighted by molar-refractivity contribution is -0.125. The summed E-state index contributed by atoms with van der Waals surface area (Å²) in [4.78, 5) is 28.1. The van der Waals surface area contributed by atoms with Gasteiger partial charge >= 0.3 is 5.97 Å². The monoisotopic (exact) mass is 356 g/mol. The summed E-state index contributed by atoms with van der Waals surface area (Å²) in [6, 6.07) is 6.93. The smallest absolute Gasteiger partial charge is 0.338 e. The predicted molar refractivity (Wildman–Crippen MR) is 95.8 cm³/mol. The van der Waals surface area contributed by atoms with Gasteiger partial charge in [0, 0.05) is 6.04 Å². The maximum absolute atomic E-state index is 12.1. The van der Waals surface area contributed by atoms with Gasteiger partial charge in [0.1, 0.15) is 12.7 Å². The van der Waals surface area contributed by atoms with Crippen LogP contribution in [0.15, 0.2) is 36.9 Å². The molecule has 1 amide bonds. The van der Waals surface area contributed by atoms with E-state index in [1.165, 1.54) is 12.7 Å². The van der Waals surface area contributed by atoms with E-state index in [1.807, 2.05) is 0 Å². The number of ether oxygens (including phenoxy) is 1. The van der Waals surface area contributed by atoms with E-state index >= 15 is 0 Å². The molecule has 3 rings (SSSR count). The molecule has 0 bridgehead atoms. The molecule has 7 heteroatoms. The van der Waals surface area contributed by atoms with Gasteiger partial charge in [-0.05, 0) is 42.5 Å². The van der Waals surface area contributed by atoms with E-state index in [-0.39, 0.29) is 18.6 Å². The number of carbonyl (C=O) groups is 2. The van der Waals surface area contributed by atoms with Crippen molar-refractivity contribution in [2.75, 3.05) is 6.61 Å². The second-order valence-electron chi connectivity index (χ2n) is 6.90. The maximum atomic E-state index is 12.1. The van der Waals surface area contributed by atoms with Crippen LogP contribution in [0.1, 0.15) is 43.5 Å². The molecule has 1 saturated carbocycles. The molecule has 0 saturated heterocycles. The molecule has 26 heavy (non-hydrogen) atoms. The Morgan fingerprint density at radius 3 is 2.69 bits per heavy atom. The van der Waals surface area contributed by atoms with Crippen molar-refractivity contribution in [1.82, 2.24) is 20.1 Å². The van der Waals surface area contributed by atoms with E-state index in [0.717, 1.165) is 18.5 Å². The van der Waals surface area contributed by atoms with Crippen LogP contribution >= 0.6 is 0 Å². The third-order valence-corrected chi connectivity index (χ3v) is 5.17. The Hall–Kier alpha value is -2.70. The first-order chi connectivity index (χ1) is 12.5. The Bertz CT molecular complexity index is 743. The van der Waals surface area contributed by atoms with E-state index in [2.05, 4.69) is 29.2 Å². The zero-order valence-corrected chi connectivity index (χ0v) is 15.1. The Kier molecular flexibility index (Phi) is 5.65. The molecule has 1 heterocycles. The van der Waals surface area contributed by atoms with Gasteiger partial charge in [0.15, 0.2) is 6.61 Å². The number of carbonyl (C=O) groups excluding carboxylic acids is 2. The van der Waals surface area contributed by atoms with Crippen LogP contribution in [-0.2, 0) is 9.53 Å². The molecule has 1 aliphatic rings. The first-order valence-electron chi connectivity index (χ1n) is 8.96. The van der Waals surface area contributed by atoms with Crippen LogP contribution < -0.4 is 5.32 Å². The summed E-state index contributed by atoms with van der Waals surface area (Å²) in [7, 11) is 0. The molecule has 0 radical (unpaired) electrons. The molecule has 1 N–H and O–H groups in total. The summed E-state index contributed by atoms with van der Waals surface area (Å²) in [6.07, 6.45) is 6.32. The molecular formula is C19H24N4O3. The van der Waals surface area contributed by atoms with Crippen molar-refractivity contribution in [2.24, 2.45) is 11.8 Å². The summed E-state index contributed by atoms with van der Waals surface area (Å²) in [5.41, 5.74) is 1.18. The van der Waals surface area contributed by atoms with Crippen molar-refractivity contribution in [3.8, 4) is 5.69 Å². The fraction of sp³-hybridized carbons (Fsp3) is 0.474. The lowest BCUT2D eigenvalue weighted by Crippen LogP contribution is -2.45. The minimum absolute atomic E-state index is 0.159. The number of hydrogen-bond donors (Lipinski definition) is 1. The maximum Gasteiger partial charge on any atom is 0.338 e. The fourth-order valence-corrected chi connectivity index (χ4v) is 3.34. The lowest BCUT2D eigenvalue weighted by atomic mass is 9.78. The van der Waals surface area contributed by atoms with Crippen LogP contribution in [0.3, 0.4) is 0 Å². The van der Waals surface area contributed by atoms with Gasteiger partial charge in [-0.1, -0.05) is 26.7 Å². The number of benzene rings is 1. The van der Waals surface area contributed by atoms with Crippen molar-refractivity contribution in [2.45, 2.75) is 39.2 Å². The Morgan fingerprint density at radius 1 is 1.23 bits per heavy atom. The third kappa shape index (κ3) is 4.28. The van der Waals surface area contributed by atoms with Gasteiger partial charge in [0.25, 0.3) is 5.91 Å². The van der Waals surface area contributed by atoms with E-state index in [9.17, 15) is 9.59 Å². The summed E-state index contributed by atoms with van der Waals surface area (Å²) in [5.74, 6) is 0.270. The number of esters is 1. The van der Waals surface area contributed by atoms with Gasteiger partial charge in [-0.2, -0.15) is 5.10 Å². The van der Waals surface area contributed by atoms with Crippen molar-refractivity contribution in [3.05, 3.63) is 42.5 Å². The van der Waals surface area contributed by atoms with Crippen molar-refractivity contribution in [3.63, 3.8) is 0 Å². The number of nitrogens with one attached hydrogen (secondary N) is 1. The summed E-state index contributed by atoms with van der Waals surface area (Å²) in [6.45, 7) is 4.12. The van der Waals surface area contributed by atoms with Gasteiger partial charge in [-0.25, -0.2) is 14.5 Å². The molecule has 1 aliphatic carbocycles. The number of hydrogen-bond acceptors (Lipinski definition) is 5. The number of rotatable bonds is 5.